The number of H-pyrrole nitrogens is 1. The van der Waals surface area contributed by atoms with Gasteiger partial charge in [0.2, 0.25) is 11.1 Å². The number of nitrogens with zero attached hydrogens (tertiary/aromatic N) is 3. The molecule has 0 saturated heterocycles. The van der Waals surface area contributed by atoms with E-state index >= 15 is 0 Å². The Bertz CT molecular complexity index is 1310. The average molecular weight is 530 g/mol. The van der Waals surface area contributed by atoms with E-state index in [1.165, 1.54) is 11.8 Å². The summed E-state index contributed by atoms with van der Waals surface area (Å²) < 4.78 is 7.69. The number of fused-ring (bicyclic) bond motifs is 3. The predicted molar refractivity (Wildman–Crippen MR) is 128 cm³/mol. The van der Waals surface area contributed by atoms with Gasteiger partial charge in [-0.25, -0.2) is 4.90 Å². The summed E-state index contributed by atoms with van der Waals surface area (Å²) >= 11 is 4.88. The largest absolute Gasteiger partial charge is 0.427 e. The molecule has 10 heteroatoms. The van der Waals surface area contributed by atoms with Gasteiger partial charge in [-0.15, -0.1) is 0 Å². The Kier molecular flexibility index (Phi) is 6.66. The quantitative estimate of drug-likeness (QED) is 0.233. The van der Waals surface area contributed by atoms with Crippen LogP contribution in [0.2, 0.25) is 0 Å². The minimum absolute atomic E-state index is 0.138. The number of carbonyl (C=O) groups excluding carboxylic acids is 2. The first-order valence-corrected chi connectivity index (χ1v) is 12.4. The summed E-state index contributed by atoms with van der Waals surface area (Å²) in [6.45, 7) is 3.50. The van der Waals surface area contributed by atoms with Crippen LogP contribution in [0.4, 0.5) is 5.69 Å². The molecule has 33 heavy (non-hydrogen) atoms. The van der Waals surface area contributed by atoms with E-state index in [1.54, 1.807) is 47.7 Å². The van der Waals surface area contributed by atoms with Gasteiger partial charge in [-0.1, -0.05) is 53.7 Å². The van der Waals surface area contributed by atoms with Gasteiger partial charge in [-0.3, -0.25) is 19.4 Å². The Morgan fingerprint density at radius 1 is 1.21 bits per heavy atom. The fourth-order valence-corrected chi connectivity index (χ4v) is 4.59. The van der Waals surface area contributed by atoms with E-state index < -0.39 is 6.17 Å². The van der Waals surface area contributed by atoms with E-state index in [0.29, 0.717) is 37.9 Å². The first kappa shape index (κ1) is 23.2. The van der Waals surface area contributed by atoms with Crippen molar-refractivity contribution in [2.24, 2.45) is 0 Å². The summed E-state index contributed by atoms with van der Waals surface area (Å²) in [5.74, 6) is -0.160. The number of benzene rings is 2. The number of ether oxygens (including phenoxy) is 1. The van der Waals surface area contributed by atoms with Crippen molar-refractivity contribution in [2.45, 2.75) is 38.0 Å². The maximum atomic E-state index is 13.3. The molecule has 0 radical (unpaired) electrons. The molecule has 0 saturated carbocycles. The molecule has 1 unspecified atom stereocenters. The number of hydrogen-bond acceptors (Lipinski definition) is 6. The molecule has 3 aromatic rings. The number of nitrogens with one attached hydrogen (secondary N) is 1. The standard InChI is InChI=1S/C23H21BrN4O4S/c1-4-18(29)27-17-9-7-6-8-14(17)20-21(31)25-23(33-3)26-28(20)22(27)15-12-13(10-11-16(15)24)32-19(30)5-2/h6-12,22H,4-5H2,1-3H3/p+1. The molecular formula is C23H22BrN4O4S+. The van der Waals surface area contributed by atoms with Gasteiger partial charge in [-0.2, -0.15) is 0 Å². The highest BCUT2D eigenvalue weighted by Gasteiger charge is 2.46. The van der Waals surface area contributed by atoms with Crippen LogP contribution in [0.1, 0.15) is 38.4 Å². The zero-order valence-corrected chi connectivity index (χ0v) is 20.7. The van der Waals surface area contributed by atoms with Crippen molar-refractivity contribution in [2.75, 3.05) is 11.2 Å². The van der Waals surface area contributed by atoms with Crippen LogP contribution < -0.4 is 19.9 Å². The summed E-state index contributed by atoms with van der Waals surface area (Å²) in [6.07, 6.45) is 1.52. The average Bonchev–Trinajstić information content (AvgIpc) is 2.83. The van der Waals surface area contributed by atoms with Crippen LogP contribution in [0.5, 0.6) is 5.75 Å². The third kappa shape index (κ3) is 4.20. The van der Waals surface area contributed by atoms with Crippen LogP contribution in [0.15, 0.2) is 56.9 Å². The van der Waals surface area contributed by atoms with E-state index in [-0.39, 0.29) is 30.3 Å². The number of para-hydroxylation sites is 1. The Labute approximate surface area is 203 Å². The molecule has 0 bridgehead atoms. The van der Waals surface area contributed by atoms with Crippen molar-refractivity contribution in [1.29, 1.82) is 0 Å². The molecule has 1 atom stereocenters. The Morgan fingerprint density at radius 3 is 2.67 bits per heavy atom. The number of carbonyl (C=O) groups is 2. The second-order valence-electron chi connectivity index (χ2n) is 7.28. The van der Waals surface area contributed by atoms with Crippen molar-refractivity contribution in [1.82, 2.24) is 10.1 Å². The first-order chi connectivity index (χ1) is 15.9. The number of hydrogen-bond donors (Lipinski definition) is 1. The van der Waals surface area contributed by atoms with E-state index in [2.05, 4.69) is 26.0 Å². The molecule has 2 heterocycles. The lowest BCUT2D eigenvalue weighted by atomic mass is 10.0. The number of halogens is 1. The van der Waals surface area contributed by atoms with Crippen molar-refractivity contribution in [3.8, 4) is 17.0 Å². The van der Waals surface area contributed by atoms with Crippen molar-refractivity contribution in [3.63, 3.8) is 0 Å². The second kappa shape index (κ2) is 9.48. The normalized spacial score (nSPS) is 14.4. The molecule has 1 amide bonds. The lowest BCUT2D eigenvalue weighted by Crippen LogP contribution is -2.61. The van der Waals surface area contributed by atoms with Gasteiger partial charge in [0.25, 0.3) is 6.17 Å². The number of anilines is 1. The van der Waals surface area contributed by atoms with Crippen LogP contribution in [0, 0.1) is 0 Å². The lowest BCUT2D eigenvalue weighted by Gasteiger charge is -2.32. The van der Waals surface area contributed by atoms with Gasteiger partial charge in [0.15, 0.2) is 0 Å². The highest BCUT2D eigenvalue weighted by molar-refractivity contribution is 9.10. The maximum Gasteiger partial charge on any atom is 0.325 e. The third-order valence-electron chi connectivity index (χ3n) is 5.29. The SMILES string of the molecule is CCC(=O)Oc1ccc(Br)c(C2N(C(=O)CC)c3ccccc3-c3c(=O)[nH]c(SC)n[n+]32)c1. The van der Waals surface area contributed by atoms with Gasteiger partial charge in [0, 0.05) is 22.4 Å². The smallest absolute Gasteiger partial charge is 0.325 e. The molecular weight excluding hydrogens is 508 g/mol. The fraction of sp³-hybridized carbons (Fsp3) is 0.261. The summed E-state index contributed by atoms with van der Waals surface area (Å²) in [4.78, 5) is 42.8. The van der Waals surface area contributed by atoms with Gasteiger partial charge in [0.1, 0.15) is 5.75 Å². The van der Waals surface area contributed by atoms with Gasteiger partial charge in [-0.05, 0) is 41.3 Å². The molecule has 170 valence electrons. The summed E-state index contributed by atoms with van der Waals surface area (Å²) in [6, 6.07) is 12.4. The third-order valence-corrected chi connectivity index (χ3v) is 6.58. The van der Waals surface area contributed by atoms with E-state index in [0.717, 1.165) is 0 Å². The topological polar surface area (TPSA) is 96.2 Å². The molecule has 2 aromatic carbocycles. The van der Waals surface area contributed by atoms with Gasteiger partial charge < -0.3 is 4.74 Å². The predicted octanol–water partition coefficient (Wildman–Crippen LogP) is 3.83. The lowest BCUT2D eigenvalue weighted by molar-refractivity contribution is -0.763. The van der Waals surface area contributed by atoms with Crippen LogP contribution in [-0.2, 0) is 9.59 Å². The van der Waals surface area contributed by atoms with E-state index in [4.69, 9.17) is 4.74 Å². The van der Waals surface area contributed by atoms with Crippen LogP contribution in [0.3, 0.4) is 0 Å². The molecule has 0 spiro atoms. The molecule has 1 aromatic heterocycles. The van der Waals surface area contributed by atoms with Crippen molar-refractivity contribution >= 4 is 45.3 Å². The van der Waals surface area contributed by atoms with Crippen LogP contribution in [0.25, 0.3) is 11.3 Å². The molecule has 1 aliphatic heterocycles. The highest BCUT2D eigenvalue weighted by atomic mass is 79.9. The molecule has 4 rings (SSSR count). The Hall–Kier alpha value is -2.98. The van der Waals surface area contributed by atoms with Gasteiger partial charge in [0.05, 0.1) is 16.8 Å². The number of rotatable bonds is 5. The van der Waals surface area contributed by atoms with Gasteiger partial charge >= 0.3 is 17.2 Å². The summed E-state index contributed by atoms with van der Waals surface area (Å²) in [5.41, 5.74) is 1.89. The number of aromatic nitrogens is 3. The minimum Gasteiger partial charge on any atom is -0.427 e. The molecule has 1 aliphatic rings. The molecule has 0 fully saturated rings. The molecule has 0 aliphatic carbocycles. The number of thioether (sulfide) groups is 1. The van der Waals surface area contributed by atoms with Crippen LogP contribution >= 0.6 is 27.7 Å². The second-order valence-corrected chi connectivity index (χ2v) is 8.92. The minimum atomic E-state index is -0.773. The fourth-order valence-electron chi connectivity index (χ4n) is 3.77. The maximum absolute atomic E-state index is 13.3. The Morgan fingerprint density at radius 2 is 1.97 bits per heavy atom. The summed E-state index contributed by atoms with van der Waals surface area (Å²) in [7, 11) is 0. The number of amides is 1. The highest BCUT2D eigenvalue weighted by Crippen LogP contribution is 2.40. The summed E-state index contributed by atoms with van der Waals surface area (Å²) in [5, 5.41) is 5.08. The first-order valence-electron chi connectivity index (χ1n) is 10.4. The van der Waals surface area contributed by atoms with E-state index in [1.807, 2.05) is 24.5 Å². The zero-order chi connectivity index (χ0) is 23.7. The zero-order valence-electron chi connectivity index (χ0n) is 18.3. The van der Waals surface area contributed by atoms with Crippen LogP contribution in [-0.4, -0.2) is 28.2 Å². The Balaban J connectivity index is 2.04. The number of esters is 1. The molecule has 1 N–H and O–H groups in total. The van der Waals surface area contributed by atoms with Crippen molar-refractivity contribution in [3.05, 3.63) is 62.9 Å². The molecule has 8 nitrogen and oxygen atoms in total. The van der Waals surface area contributed by atoms with Crippen molar-refractivity contribution < 1.29 is 19.0 Å². The monoisotopic (exact) mass is 529 g/mol. The van der Waals surface area contributed by atoms with E-state index in [9.17, 15) is 14.4 Å². The number of aromatic amines is 1.